The molecule has 0 saturated heterocycles. The number of unbranched alkanes of at least 4 members (excludes halogenated alkanes) is 28. The number of carbonyl (C=O) groups is 2. The Labute approximate surface area is 443 Å². The van der Waals surface area contributed by atoms with Crippen molar-refractivity contribution in [2.45, 2.75) is 270 Å². The summed E-state index contributed by atoms with van der Waals surface area (Å²) in [6.45, 7) is 3.60. The first-order chi connectivity index (χ1) is 35.3. The molecule has 0 aromatic rings. The lowest BCUT2D eigenvalue weighted by Crippen LogP contribution is -2.29. The van der Waals surface area contributed by atoms with Crippen LogP contribution in [0.1, 0.15) is 264 Å². The van der Waals surface area contributed by atoms with Gasteiger partial charge in [0, 0.05) is 19.4 Å². The second-order valence-electron chi connectivity index (χ2n) is 19.5. The van der Waals surface area contributed by atoms with Crippen molar-refractivity contribution < 1.29 is 37.6 Å². The molecule has 0 aliphatic carbocycles. The van der Waals surface area contributed by atoms with Gasteiger partial charge in [0.05, 0.1) is 13.2 Å². The van der Waals surface area contributed by atoms with Crippen molar-refractivity contribution in [3.63, 3.8) is 0 Å². The number of hydrogen-bond donors (Lipinski definition) is 2. The zero-order chi connectivity index (χ0) is 52.4. The summed E-state index contributed by atoms with van der Waals surface area (Å²) in [5, 5.41) is 0. The zero-order valence-corrected chi connectivity index (χ0v) is 47.3. The van der Waals surface area contributed by atoms with Crippen LogP contribution in [0.3, 0.4) is 0 Å². The third-order valence-corrected chi connectivity index (χ3v) is 13.5. The average molecular weight is 1030 g/mol. The summed E-state index contributed by atoms with van der Waals surface area (Å²) in [5.74, 6) is -0.833. The van der Waals surface area contributed by atoms with E-state index in [2.05, 4.69) is 98.9 Å². The second kappa shape index (κ2) is 57.5. The molecule has 2 atom stereocenters. The Balaban J connectivity index is 3.80. The first kappa shape index (κ1) is 69.2. The summed E-state index contributed by atoms with van der Waals surface area (Å²) in [5.41, 5.74) is 5.37. The lowest BCUT2D eigenvalue weighted by atomic mass is 10.0. The number of rotatable bonds is 55. The van der Waals surface area contributed by atoms with Gasteiger partial charge in [-0.1, -0.05) is 247 Å². The van der Waals surface area contributed by atoms with Gasteiger partial charge in [-0.25, -0.2) is 4.57 Å². The molecule has 3 N–H and O–H groups in total. The maximum absolute atomic E-state index is 12.7. The fourth-order valence-electron chi connectivity index (χ4n) is 8.16. The van der Waals surface area contributed by atoms with Crippen LogP contribution in [-0.2, 0) is 32.7 Å². The molecule has 0 radical (unpaired) electrons. The van der Waals surface area contributed by atoms with E-state index in [9.17, 15) is 19.0 Å². The third kappa shape index (κ3) is 56.5. The minimum atomic E-state index is -4.38. The fourth-order valence-corrected chi connectivity index (χ4v) is 8.93. The van der Waals surface area contributed by atoms with Gasteiger partial charge in [-0.05, 0) is 89.9 Å². The molecule has 0 bridgehead atoms. The van der Waals surface area contributed by atoms with Crippen molar-refractivity contribution in [2.75, 3.05) is 26.4 Å². The third-order valence-electron chi connectivity index (χ3n) is 12.5. The minimum absolute atomic E-state index is 0.0515. The quantitative estimate of drug-likeness (QED) is 0.0264. The minimum Gasteiger partial charge on any atom is -0.462 e. The van der Waals surface area contributed by atoms with Gasteiger partial charge in [0.2, 0.25) is 0 Å². The lowest BCUT2D eigenvalue weighted by Gasteiger charge is -2.19. The number of hydrogen-bond acceptors (Lipinski definition) is 8. The highest BCUT2D eigenvalue weighted by atomic mass is 31.2. The molecule has 2 unspecified atom stereocenters. The molecule has 10 heteroatoms. The van der Waals surface area contributed by atoms with E-state index in [0.29, 0.717) is 6.42 Å². The summed E-state index contributed by atoms with van der Waals surface area (Å²) < 4.78 is 32.9. The van der Waals surface area contributed by atoms with Crippen LogP contribution in [0, 0.1) is 0 Å². The van der Waals surface area contributed by atoms with Crippen LogP contribution >= 0.6 is 7.82 Å². The maximum atomic E-state index is 12.7. The van der Waals surface area contributed by atoms with Crippen molar-refractivity contribution in [1.82, 2.24) is 0 Å². The monoisotopic (exact) mass is 1030 g/mol. The second-order valence-corrected chi connectivity index (χ2v) is 20.9. The van der Waals surface area contributed by atoms with Crippen LogP contribution in [0.5, 0.6) is 0 Å². The molecular formula is C62H110NO8P. The highest BCUT2D eigenvalue weighted by Crippen LogP contribution is 2.43. The smallest absolute Gasteiger partial charge is 0.462 e. The first-order valence-electron chi connectivity index (χ1n) is 29.6. The molecule has 0 aliphatic rings. The molecular weight excluding hydrogens is 918 g/mol. The highest BCUT2D eigenvalue weighted by molar-refractivity contribution is 7.47. The number of esters is 2. The summed E-state index contributed by atoms with van der Waals surface area (Å²) >= 11 is 0. The molecule has 72 heavy (non-hydrogen) atoms. The molecule has 0 spiro atoms. The number of nitrogens with two attached hydrogens (primary N) is 1. The van der Waals surface area contributed by atoms with Crippen LogP contribution in [0.4, 0.5) is 0 Å². The average Bonchev–Trinajstić information content (AvgIpc) is 3.37. The number of phosphoric acid groups is 1. The van der Waals surface area contributed by atoms with E-state index in [1.54, 1.807) is 0 Å². The van der Waals surface area contributed by atoms with Gasteiger partial charge in [-0.15, -0.1) is 0 Å². The Morgan fingerprint density at radius 3 is 1.15 bits per heavy atom. The Morgan fingerprint density at radius 2 is 0.764 bits per heavy atom. The van der Waals surface area contributed by atoms with E-state index >= 15 is 0 Å². The Bertz CT molecular complexity index is 1450. The summed E-state index contributed by atoms with van der Waals surface area (Å²) in [6, 6.07) is 0. The van der Waals surface area contributed by atoms with E-state index in [0.717, 1.165) is 96.3 Å². The Morgan fingerprint density at radius 1 is 0.431 bits per heavy atom. The first-order valence-corrected chi connectivity index (χ1v) is 31.1. The molecule has 0 aliphatic heterocycles. The number of ether oxygens (including phenoxy) is 2. The normalized spacial score (nSPS) is 13.7. The standard InChI is InChI=1S/C62H110NO8P/c1-3-5-7-9-11-13-15-17-18-19-20-21-22-23-24-25-26-27-28-29-30-31-32-33-34-35-36-37-38-39-40-41-42-43-45-47-49-51-53-55-62(65)71-60(59-70-72(66,67)69-57-56-63)58-68-61(64)54-52-50-48-46-44-16-14-12-10-8-6-4-2/h5,7,11-14,17-18,20-21,23-24,26-27,60H,3-4,6,8-10,15-16,19,22,25,28-59,63H2,1-2H3,(H,66,67)/b7-5-,13-11-,14-12-,18-17-,21-20-,24-23-,27-26-. The predicted octanol–water partition coefficient (Wildman–Crippen LogP) is 18.7. The van der Waals surface area contributed by atoms with Crippen LogP contribution in [-0.4, -0.2) is 49.3 Å². The SMILES string of the molecule is CC/C=C\C/C=C\C/C=C\C/C=C\C/C=C\C/C=C\CCCCCCCCCCCCCCCCCCCCCCC(=O)OC(COC(=O)CCCCCCC/C=C\CCCCC)COP(=O)(O)OCCN. The van der Waals surface area contributed by atoms with Crippen LogP contribution < -0.4 is 5.73 Å². The summed E-state index contributed by atoms with van der Waals surface area (Å²) in [7, 11) is -4.38. The van der Waals surface area contributed by atoms with Gasteiger partial charge in [0.1, 0.15) is 6.61 Å². The van der Waals surface area contributed by atoms with Gasteiger partial charge >= 0.3 is 19.8 Å². The number of carbonyl (C=O) groups excluding carboxylic acids is 2. The van der Waals surface area contributed by atoms with Crippen LogP contribution in [0.25, 0.3) is 0 Å². The fraction of sp³-hybridized carbons (Fsp3) is 0.742. The van der Waals surface area contributed by atoms with Gasteiger partial charge in [0.25, 0.3) is 0 Å². The van der Waals surface area contributed by atoms with Crippen molar-refractivity contribution in [3.05, 3.63) is 85.1 Å². The van der Waals surface area contributed by atoms with Crippen molar-refractivity contribution in [1.29, 1.82) is 0 Å². The lowest BCUT2D eigenvalue weighted by molar-refractivity contribution is -0.161. The van der Waals surface area contributed by atoms with Gasteiger partial charge < -0.3 is 20.1 Å². The Kier molecular flexibility index (Phi) is 55.2. The largest absolute Gasteiger partial charge is 0.472 e. The molecule has 0 amide bonds. The summed E-state index contributed by atoms with van der Waals surface area (Å²) in [6.07, 6.45) is 75.2. The maximum Gasteiger partial charge on any atom is 0.472 e. The number of allylic oxidation sites excluding steroid dienone is 14. The zero-order valence-electron chi connectivity index (χ0n) is 46.4. The Hall–Kier alpha value is -2.81. The van der Waals surface area contributed by atoms with Crippen molar-refractivity contribution in [3.8, 4) is 0 Å². The van der Waals surface area contributed by atoms with Crippen LogP contribution in [0.15, 0.2) is 85.1 Å². The predicted molar refractivity (Wildman–Crippen MR) is 307 cm³/mol. The van der Waals surface area contributed by atoms with E-state index in [1.807, 2.05) is 0 Å². The molecule has 0 saturated carbocycles. The van der Waals surface area contributed by atoms with E-state index in [1.165, 1.54) is 135 Å². The molecule has 0 aromatic heterocycles. The van der Waals surface area contributed by atoms with Crippen molar-refractivity contribution >= 4 is 19.8 Å². The molecule has 416 valence electrons. The van der Waals surface area contributed by atoms with Gasteiger partial charge in [-0.3, -0.25) is 18.6 Å². The topological polar surface area (TPSA) is 134 Å². The van der Waals surface area contributed by atoms with Crippen LogP contribution in [0.2, 0.25) is 0 Å². The van der Waals surface area contributed by atoms with E-state index in [4.69, 9.17) is 24.3 Å². The number of phosphoric ester groups is 1. The molecule has 0 aromatic carbocycles. The molecule has 0 heterocycles. The molecule has 0 rings (SSSR count). The van der Waals surface area contributed by atoms with Crippen molar-refractivity contribution in [2.24, 2.45) is 5.73 Å². The molecule has 9 nitrogen and oxygen atoms in total. The van der Waals surface area contributed by atoms with Gasteiger partial charge in [0.15, 0.2) is 6.10 Å². The van der Waals surface area contributed by atoms with Gasteiger partial charge in [-0.2, -0.15) is 0 Å². The highest BCUT2D eigenvalue weighted by Gasteiger charge is 2.26. The van der Waals surface area contributed by atoms with E-state index in [-0.39, 0.29) is 38.6 Å². The molecule has 0 fully saturated rings. The summed E-state index contributed by atoms with van der Waals surface area (Å²) in [4.78, 5) is 35.0. The van der Waals surface area contributed by atoms with E-state index < -0.39 is 26.5 Å².